The lowest BCUT2D eigenvalue weighted by molar-refractivity contribution is 0.386. The van der Waals surface area contributed by atoms with Crippen molar-refractivity contribution in [1.29, 1.82) is 0 Å². The second-order valence-electron chi connectivity index (χ2n) is 4.63. The lowest BCUT2D eigenvalue weighted by atomic mass is 10.1. The first-order valence-corrected chi connectivity index (χ1v) is 6.46. The Balaban J connectivity index is 2.19. The molecule has 21 heavy (non-hydrogen) atoms. The smallest absolute Gasteiger partial charge is 0.243 e. The quantitative estimate of drug-likeness (QED) is 0.694. The van der Waals surface area contributed by atoms with E-state index in [1.807, 2.05) is 19.9 Å². The summed E-state index contributed by atoms with van der Waals surface area (Å²) in [6.07, 6.45) is 0. The Hall–Kier alpha value is -2.50. The van der Waals surface area contributed by atoms with Crippen molar-refractivity contribution >= 4 is 11.7 Å². The van der Waals surface area contributed by atoms with Gasteiger partial charge in [-0.25, -0.2) is 19.8 Å². The van der Waals surface area contributed by atoms with Gasteiger partial charge in [0.1, 0.15) is 0 Å². The minimum absolute atomic E-state index is 0.206. The fraction of sp³-hybridized carbons (Fsp3) is 0.267. The van der Waals surface area contributed by atoms with Gasteiger partial charge in [0, 0.05) is 17.0 Å². The van der Waals surface area contributed by atoms with Crippen LogP contribution in [0.2, 0.25) is 0 Å². The molecule has 2 aromatic rings. The average Bonchev–Trinajstić information content (AvgIpc) is 2.43. The summed E-state index contributed by atoms with van der Waals surface area (Å²) in [7, 11) is 1.43. The van der Waals surface area contributed by atoms with E-state index >= 15 is 0 Å². The molecule has 2 rings (SSSR count). The number of benzene rings is 1. The summed E-state index contributed by atoms with van der Waals surface area (Å²) >= 11 is 0. The molecule has 0 unspecified atom stereocenters. The lowest BCUT2D eigenvalue weighted by Gasteiger charge is -2.06. The van der Waals surface area contributed by atoms with Crippen molar-refractivity contribution in [3.63, 3.8) is 0 Å². The first-order chi connectivity index (χ1) is 9.99. The highest BCUT2D eigenvalue weighted by Gasteiger charge is 2.06. The highest BCUT2D eigenvalue weighted by molar-refractivity contribution is 5.99. The monoisotopic (exact) mass is 288 g/mol. The number of methoxy groups -OCH3 is 1. The number of hydrazone groups is 1. The molecule has 0 radical (unpaired) electrons. The molecule has 0 bridgehead atoms. The van der Waals surface area contributed by atoms with Crippen LogP contribution in [0, 0.1) is 19.7 Å². The van der Waals surface area contributed by atoms with Gasteiger partial charge in [0.2, 0.25) is 5.95 Å². The third kappa shape index (κ3) is 3.75. The third-order valence-electron chi connectivity index (χ3n) is 2.88. The topological polar surface area (TPSA) is 59.4 Å². The fourth-order valence-electron chi connectivity index (χ4n) is 1.87. The van der Waals surface area contributed by atoms with E-state index in [9.17, 15) is 4.39 Å². The van der Waals surface area contributed by atoms with E-state index in [1.165, 1.54) is 13.2 Å². The standard InChI is InChI=1S/C15H17FN4O/c1-9-7-10(2)18-15(17-9)20-19-11(3)12-5-6-14(21-4)13(16)8-12/h5-8H,1-4H3,(H,17,18,20)/b19-11-. The maximum Gasteiger partial charge on any atom is 0.243 e. The summed E-state index contributed by atoms with van der Waals surface area (Å²) in [5, 5.41) is 4.18. The summed E-state index contributed by atoms with van der Waals surface area (Å²) in [4.78, 5) is 8.44. The molecule has 0 atom stereocenters. The van der Waals surface area contributed by atoms with Crippen molar-refractivity contribution in [2.75, 3.05) is 12.5 Å². The molecule has 6 heteroatoms. The van der Waals surface area contributed by atoms with Gasteiger partial charge in [0.15, 0.2) is 11.6 Å². The zero-order valence-electron chi connectivity index (χ0n) is 12.4. The van der Waals surface area contributed by atoms with Crippen molar-refractivity contribution in [1.82, 2.24) is 9.97 Å². The minimum Gasteiger partial charge on any atom is -0.494 e. The first kappa shape index (κ1) is 14.9. The van der Waals surface area contributed by atoms with E-state index in [4.69, 9.17) is 4.74 Å². The van der Waals surface area contributed by atoms with Gasteiger partial charge in [-0.2, -0.15) is 5.10 Å². The predicted octanol–water partition coefficient (Wildman–Crippen LogP) is 3.08. The zero-order chi connectivity index (χ0) is 15.4. The second-order valence-corrected chi connectivity index (χ2v) is 4.63. The van der Waals surface area contributed by atoms with Gasteiger partial charge >= 0.3 is 0 Å². The molecule has 1 aromatic heterocycles. The molecule has 1 N–H and O–H groups in total. The van der Waals surface area contributed by atoms with Crippen LogP contribution >= 0.6 is 0 Å². The van der Waals surface area contributed by atoms with Crippen LogP contribution in [0.25, 0.3) is 0 Å². The number of halogens is 1. The average molecular weight is 288 g/mol. The van der Waals surface area contributed by atoms with Gasteiger partial charge in [-0.05, 0) is 45.0 Å². The minimum atomic E-state index is -0.424. The van der Waals surface area contributed by atoms with E-state index in [0.29, 0.717) is 17.2 Å². The Morgan fingerprint density at radius 2 is 1.86 bits per heavy atom. The van der Waals surface area contributed by atoms with Crippen LogP contribution in [0.3, 0.4) is 0 Å². The molecule has 110 valence electrons. The molecule has 5 nitrogen and oxygen atoms in total. The highest BCUT2D eigenvalue weighted by atomic mass is 19.1. The summed E-state index contributed by atoms with van der Waals surface area (Å²) in [5.41, 5.74) is 5.78. The molecule has 0 amide bonds. The molecule has 0 saturated heterocycles. The predicted molar refractivity (Wildman–Crippen MR) is 80.3 cm³/mol. The van der Waals surface area contributed by atoms with Crippen LogP contribution in [0.15, 0.2) is 29.4 Å². The van der Waals surface area contributed by atoms with Crippen LogP contribution in [-0.2, 0) is 0 Å². The molecule has 0 aliphatic rings. The van der Waals surface area contributed by atoms with E-state index in [0.717, 1.165) is 11.4 Å². The molecule has 0 fully saturated rings. The van der Waals surface area contributed by atoms with Crippen LogP contribution in [0.1, 0.15) is 23.9 Å². The van der Waals surface area contributed by atoms with Crippen LogP contribution < -0.4 is 10.2 Å². The lowest BCUT2D eigenvalue weighted by Crippen LogP contribution is -2.04. The van der Waals surface area contributed by atoms with Crippen molar-refractivity contribution in [2.24, 2.45) is 5.10 Å². The van der Waals surface area contributed by atoms with Gasteiger partial charge in [-0.15, -0.1) is 0 Å². The molecule has 0 saturated carbocycles. The van der Waals surface area contributed by atoms with E-state index < -0.39 is 5.82 Å². The van der Waals surface area contributed by atoms with Gasteiger partial charge in [0.05, 0.1) is 12.8 Å². The molecule has 0 aliphatic heterocycles. The SMILES string of the molecule is COc1ccc(/C(C)=N\Nc2nc(C)cc(C)n2)cc1F. The number of hydrogen-bond donors (Lipinski definition) is 1. The summed E-state index contributed by atoms with van der Waals surface area (Å²) in [6, 6.07) is 6.56. The fourth-order valence-corrected chi connectivity index (χ4v) is 1.87. The van der Waals surface area contributed by atoms with Crippen molar-refractivity contribution in [3.05, 3.63) is 47.0 Å². The van der Waals surface area contributed by atoms with Crippen LogP contribution in [-0.4, -0.2) is 22.8 Å². The maximum atomic E-state index is 13.7. The number of ether oxygens (including phenoxy) is 1. The summed E-state index contributed by atoms with van der Waals surface area (Å²) < 4.78 is 18.5. The second kappa shape index (κ2) is 6.30. The number of aromatic nitrogens is 2. The summed E-state index contributed by atoms with van der Waals surface area (Å²) in [5.74, 6) is 0.199. The van der Waals surface area contributed by atoms with Gasteiger partial charge in [-0.3, -0.25) is 0 Å². The van der Waals surface area contributed by atoms with Crippen molar-refractivity contribution in [2.45, 2.75) is 20.8 Å². The zero-order valence-corrected chi connectivity index (χ0v) is 12.4. The molecule has 0 spiro atoms. The number of rotatable bonds is 4. The third-order valence-corrected chi connectivity index (χ3v) is 2.88. The van der Waals surface area contributed by atoms with Crippen LogP contribution in [0.5, 0.6) is 5.75 Å². The largest absolute Gasteiger partial charge is 0.494 e. The molecule has 1 aromatic carbocycles. The van der Waals surface area contributed by atoms with Gasteiger partial charge < -0.3 is 4.74 Å². The number of aryl methyl sites for hydroxylation is 2. The maximum absolute atomic E-state index is 13.7. The number of nitrogens with one attached hydrogen (secondary N) is 1. The molecular formula is C15H17FN4O. The van der Waals surface area contributed by atoms with Crippen LogP contribution in [0.4, 0.5) is 10.3 Å². The van der Waals surface area contributed by atoms with Gasteiger partial charge in [-0.1, -0.05) is 0 Å². The van der Waals surface area contributed by atoms with Crippen molar-refractivity contribution in [3.8, 4) is 5.75 Å². The first-order valence-electron chi connectivity index (χ1n) is 6.46. The van der Waals surface area contributed by atoms with E-state index in [-0.39, 0.29) is 5.75 Å². The highest BCUT2D eigenvalue weighted by Crippen LogP contribution is 2.18. The Labute approximate surface area is 122 Å². The van der Waals surface area contributed by atoms with E-state index in [2.05, 4.69) is 20.5 Å². The Morgan fingerprint density at radius 3 is 2.43 bits per heavy atom. The van der Waals surface area contributed by atoms with E-state index in [1.54, 1.807) is 19.1 Å². The molecule has 0 aliphatic carbocycles. The summed E-state index contributed by atoms with van der Waals surface area (Å²) in [6.45, 7) is 5.54. The Kier molecular flexibility index (Phi) is 4.47. The molecule has 1 heterocycles. The number of hydrogen-bond acceptors (Lipinski definition) is 5. The van der Waals surface area contributed by atoms with Crippen molar-refractivity contribution < 1.29 is 9.13 Å². The number of anilines is 1. The van der Waals surface area contributed by atoms with Gasteiger partial charge in [0.25, 0.3) is 0 Å². The Morgan fingerprint density at radius 1 is 1.19 bits per heavy atom. The number of nitrogens with zero attached hydrogens (tertiary/aromatic N) is 3. The normalized spacial score (nSPS) is 11.4. The molecular weight excluding hydrogens is 271 g/mol. The Bertz CT molecular complexity index is 665.